The molecular weight excluding hydrogens is 412 g/mol. The fourth-order valence-electron chi connectivity index (χ4n) is 4.84. The van der Waals surface area contributed by atoms with Crippen molar-refractivity contribution in [3.63, 3.8) is 0 Å². The third-order valence-electron chi connectivity index (χ3n) is 6.48. The zero-order valence-electron chi connectivity index (χ0n) is 18.5. The lowest BCUT2D eigenvalue weighted by Gasteiger charge is -2.22. The number of benzene rings is 3. The molecule has 0 saturated carbocycles. The van der Waals surface area contributed by atoms with E-state index in [4.69, 9.17) is 4.74 Å². The molecule has 0 unspecified atom stereocenters. The third kappa shape index (κ3) is 3.80. The van der Waals surface area contributed by atoms with Gasteiger partial charge < -0.3 is 14.6 Å². The molecule has 165 valence electrons. The van der Waals surface area contributed by atoms with Gasteiger partial charge in [-0.1, -0.05) is 66.7 Å². The van der Waals surface area contributed by atoms with E-state index in [1.165, 1.54) is 22.3 Å². The predicted octanol–water partition coefficient (Wildman–Crippen LogP) is 5.59. The van der Waals surface area contributed by atoms with Crippen LogP contribution in [-0.4, -0.2) is 35.4 Å². The van der Waals surface area contributed by atoms with Gasteiger partial charge in [0.2, 0.25) is 6.29 Å². The molecule has 0 spiro atoms. The minimum Gasteiger partial charge on any atom is -0.448 e. The summed E-state index contributed by atoms with van der Waals surface area (Å²) in [6.07, 6.45) is 1.77. The average molecular weight is 438 g/mol. The molecule has 5 rings (SSSR count). The zero-order chi connectivity index (χ0) is 22.8. The molecule has 0 aliphatic heterocycles. The smallest absolute Gasteiger partial charge is 0.410 e. The molecule has 0 bridgehead atoms. The van der Waals surface area contributed by atoms with E-state index in [0.717, 1.165) is 22.2 Å². The van der Waals surface area contributed by atoms with Crippen molar-refractivity contribution >= 4 is 23.3 Å². The highest BCUT2D eigenvalue weighted by Gasteiger charge is 2.29. The summed E-state index contributed by atoms with van der Waals surface area (Å²) in [7, 11) is 0. The molecule has 1 amide bonds. The van der Waals surface area contributed by atoms with Crippen LogP contribution in [0.15, 0.2) is 72.8 Å². The van der Waals surface area contributed by atoms with Crippen LogP contribution in [0.25, 0.3) is 22.0 Å². The van der Waals surface area contributed by atoms with Crippen LogP contribution in [0, 0.1) is 0 Å². The van der Waals surface area contributed by atoms with Crippen LogP contribution in [0.3, 0.4) is 0 Å². The summed E-state index contributed by atoms with van der Waals surface area (Å²) in [5.41, 5.74) is 7.46. The van der Waals surface area contributed by atoms with Gasteiger partial charge in [-0.3, -0.25) is 4.79 Å². The molecule has 4 aromatic rings. The third-order valence-corrected chi connectivity index (χ3v) is 6.48. The fraction of sp³-hybridized carbons (Fsp3) is 0.214. The number of rotatable bonds is 7. The van der Waals surface area contributed by atoms with Gasteiger partial charge in [-0.2, -0.15) is 0 Å². The predicted molar refractivity (Wildman–Crippen MR) is 129 cm³/mol. The number of carbonyl (C=O) groups is 1. The van der Waals surface area contributed by atoms with Gasteiger partial charge in [0.15, 0.2) is 0 Å². The second-order valence-corrected chi connectivity index (χ2v) is 8.27. The first kappa shape index (κ1) is 21.0. The highest BCUT2D eigenvalue weighted by Crippen LogP contribution is 2.44. The van der Waals surface area contributed by atoms with Crippen LogP contribution >= 0.6 is 0 Å². The van der Waals surface area contributed by atoms with E-state index in [2.05, 4.69) is 29.2 Å². The Morgan fingerprint density at radius 3 is 2.27 bits per heavy atom. The van der Waals surface area contributed by atoms with Gasteiger partial charge in [-0.15, -0.1) is 0 Å². The summed E-state index contributed by atoms with van der Waals surface area (Å²) in [6, 6.07) is 24.5. The highest BCUT2D eigenvalue weighted by atomic mass is 16.6. The number of hydrogen-bond donors (Lipinski definition) is 1. The van der Waals surface area contributed by atoms with Gasteiger partial charge in [0, 0.05) is 34.6 Å². The highest BCUT2D eigenvalue weighted by molar-refractivity contribution is 5.86. The molecule has 1 radical (unpaired) electrons. The Balaban J connectivity index is 1.36. The maximum absolute atomic E-state index is 13.1. The van der Waals surface area contributed by atoms with Crippen LogP contribution < -0.4 is 0 Å². The number of para-hydroxylation sites is 1. The summed E-state index contributed by atoms with van der Waals surface area (Å²) in [5.74, 6) is 0.0216. The SMILES string of the molecule is CCN(Cc1c(C[C]=O)[nH]c2ccccc12)C(=O)OCC1c2ccccc2-c2ccccc21. The van der Waals surface area contributed by atoms with Crippen LogP contribution in [0.5, 0.6) is 0 Å². The van der Waals surface area contributed by atoms with Crippen LogP contribution in [0.4, 0.5) is 4.79 Å². The Hall–Kier alpha value is -3.86. The van der Waals surface area contributed by atoms with E-state index in [1.807, 2.05) is 61.7 Å². The molecule has 5 heteroatoms. The average Bonchev–Trinajstić information content (AvgIpc) is 3.36. The van der Waals surface area contributed by atoms with E-state index < -0.39 is 0 Å². The van der Waals surface area contributed by atoms with Crippen LogP contribution in [0.2, 0.25) is 0 Å². The van der Waals surface area contributed by atoms with E-state index in [-0.39, 0.29) is 25.0 Å². The molecule has 1 aromatic heterocycles. The Labute approximate surface area is 193 Å². The largest absolute Gasteiger partial charge is 0.448 e. The summed E-state index contributed by atoms with van der Waals surface area (Å²) >= 11 is 0. The lowest BCUT2D eigenvalue weighted by atomic mass is 9.98. The fourth-order valence-corrected chi connectivity index (χ4v) is 4.84. The number of amides is 1. The molecule has 33 heavy (non-hydrogen) atoms. The monoisotopic (exact) mass is 437 g/mol. The number of aromatic nitrogens is 1. The maximum atomic E-state index is 13.1. The van der Waals surface area contributed by atoms with Crippen molar-refractivity contribution in [1.82, 2.24) is 9.88 Å². The van der Waals surface area contributed by atoms with Crippen molar-refractivity contribution in [3.8, 4) is 11.1 Å². The topological polar surface area (TPSA) is 62.4 Å². The van der Waals surface area contributed by atoms with Crippen molar-refractivity contribution in [1.29, 1.82) is 0 Å². The molecule has 1 N–H and O–H groups in total. The first-order chi connectivity index (χ1) is 16.2. The summed E-state index contributed by atoms with van der Waals surface area (Å²) in [6.45, 7) is 3.09. The number of fused-ring (bicyclic) bond motifs is 4. The minimum atomic E-state index is -0.356. The number of nitrogens with zero attached hydrogens (tertiary/aromatic N) is 1. The van der Waals surface area contributed by atoms with Crippen molar-refractivity contribution in [3.05, 3.63) is 95.2 Å². The van der Waals surface area contributed by atoms with Crippen molar-refractivity contribution in [2.45, 2.75) is 25.8 Å². The minimum absolute atomic E-state index is 0.0216. The molecule has 1 aliphatic carbocycles. The van der Waals surface area contributed by atoms with Gasteiger partial charge in [0.1, 0.15) is 6.61 Å². The maximum Gasteiger partial charge on any atom is 0.410 e. The van der Waals surface area contributed by atoms with Gasteiger partial charge in [0.25, 0.3) is 0 Å². The second-order valence-electron chi connectivity index (χ2n) is 8.27. The lowest BCUT2D eigenvalue weighted by Crippen LogP contribution is -2.32. The molecule has 3 aromatic carbocycles. The first-order valence-electron chi connectivity index (χ1n) is 11.2. The molecule has 1 heterocycles. The number of H-pyrrole nitrogens is 1. The normalized spacial score (nSPS) is 12.4. The molecular formula is C28H25N2O3. The van der Waals surface area contributed by atoms with Gasteiger partial charge in [0.05, 0.1) is 13.0 Å². The summed E-state index contributed by atoms with van der Waals surface area (Å²) in [4.78, 5) is 29.2. The second kappa shape index (κ2) is 8.94. The van der Waals surface area contributed by atoms with E-state index >= 15 is 0 Å². The molecule has 0 saturated heterocycles. The Kier molecular flexibility index (Phi) is 5.69. The summed E-state index contributed by atoms with van der Waals surface area (Å²) < 4.78 is 5.85. The van der Waals surface area contributed by atoms with Crippen molar-refractivity contribution < 1.29 is 14.3 Å². The molecule has 1 aliphatic rings. The number of hydrogen-bond acceptors (Lipinski definition) is 3. The number of ether oxygens (including phenoxy) is 1. The van der Waals surface area contributed by atoms with Gasteiger partial charge >= 0.3 is 6.09 Å². The number of aromatic amines is 1. The van der Waals surface area contributed by atoms with Crippen LogP contribution in [-0.2, 0) is 22.5 Å². The number of carbonyl (C=O) groups excluding carboxylic acids is 2. The van der Waals surface area contributed by atoms with E-state index in [9.17, 15) is 9.59 Å². The standard InChI is InChI=1S/C28H25N2O3/c1-2-30(17-24-23-13-7-8-14-26(23)29-27(24)15-16-31)28(32)33-18-25-21-11-5-3-9-19(21)20-10-4-6-12-22(20)25/h3-14,25,29H,2,15,17-18H2,1H3. The molecule has 0 atom stereocenters. The van der Waals surface area contributed by atoms with Crippen molar-refractivity contribution in [2.24, 2.45) is 0 Å². The quantitative estimate of drug-likeness (QED) is 0.410. The van der Waals surface area contributed by atoms with Gasteiger partial charge in [-0.25, -0.2) is 4.79 Å². The Morgan fingerprint density at radius 1 is 0.970 bits per heavy atom. The lowest BCUT2D eigenvalue weighted by molar-refractivity contribution is 0.0992. The van der Waals surface area contributed by atoms with Gasteiger partial charge in [-0.05, 0) is 35.2 Å². The molecule has 5 nitrogen and oxygen atoms in total. The van der Waals surface area contributed by atoms with E-state index in [1.54, 1.807) is 4.90 Å². The zero-order valence-corrected chi connectivity index (χ0v) is 18.5. The van der Waals surface area contributed by atoms with E-state index in [0.29, 0.717) is 13.1 Å². The Bertz CT molecular complexity index is 1280. The number of nitrogens with one attached hydrogen (secondary N) is 1. The van der Waals surface area contributed by atoms with Crippen LogP contribution in [0.1, 0.15) is 35.2 Å². The summed E-state index contributed by atoms with van der Waals surface area (Å²) in [5, 5.41) is 1.01. The first-order valence-corrected chi connectivity index (χ1v) is 11.2. The van der Waals surface area contributed by atoms with Crippen molar-refractivity contribution in [2.75, 3.05) is 13.2 Å². The molecule has 0 fully saturated rings. The Morgan fingerprint density at radius 2 is 1.61 bits per heavy atom.